The van der Waals surface area contributed by atoms with E-state index in [2.05, 4.69) is 10.2 Å². The first-order valence-corrected chi connectivity index (χ1v) is 8.55. The van der Waals surface area contributed by atoms with Crippen molar-refractivity contribution in [1.82, 2.24) is 0 Å². The average Bonchev–Trinajstić information content (AvgIpc) is 2.60. The summed E-state index contributed by atoms with van der Waals surface area (Å²) in [6.45, 7) is 0. The maximum Gasteiger partial charge on any atom is 1.00 e. The van der Waals surface area contributed by atoms with Crippen molar-refractivity contribution in [2.24, 2.45) is 10.2 Å². The van der Waals surface area contributed by atoms with E-state index in [0.717, 1.165) is 18.2 Å². The minimum Gasteiger partial charge on any atom is -0.744 e. The van der Waals surface area contributed by atoms with E-state index < -0.39 is 25.6 Å². The molecule has 3 rings (SSSR count). The van der Waals surface area contributed by atoms with E-state index in [1.165, 1.54) is 12.1 Å². The summed E-state index contributed by atoms with van der Waals surface area (Å²) in [7, 11) is -4.99. The van der Waals surface area contributed by atoms with Crippen LogP contribution in [-0.2, 0) is 10.1 Å². The molecule has 0 heterocycles. The maximum absolute atomic E-state index is 11.1. The molecule has 3 aromatic carbocycles. The normalized spacial score (nSPS) is 11.4. The number of benzene rings is 3. The van der Waals surface area contributed by atoms with Crippen molar-refractivity contribution in [3.63, 3.8) is 0 Å². The van der Waals surface area contributed by atoms with Crippen molar-refractivity contribution in [2.45, 2.75) is 4.90 Å². The average molecular weight is 395 g/mol. The molecule has 0 saturated carbocycles. The molecule has 11 heteroatoms. The van der Waals surface area contributed by atoms with Gasteiger partial charge in [0, 0.05) is 16.8 Å². The first-order chi connectivity index (χ1) is 12.3. The molecule has 0 aliphatic heterocycles. The van der Waals surface area contributed by atoms with E-state index in [1.807, 2.05) is 0 Å². The number of nitrogens with zero attached hydrogens (tertiary/aromatic N) is 3. The van der Waals surface area contributed by atoms with Crippen LogP contribution in [0.4, 0.5) is 17.1 Å². The molecule has 0 aromatic heterocycles. The molecule has 27 heavy (non-hydrogen) atoms. The quantitative estimate of drug-likeness (QED) is 0.227. The topological polar surface area (TPSA) is 145 Å². The Labute approximate surface area is 175 Å². The summed E-state index contributed by atoms with van der Waals surface area (Å²) < 4.78 is 33.3. The van der Waals surface area contributed by atoms with Crippen LogP contribution < -0.4 is 29.6 Å². The summed E-state index contributed by atoms with van der Waals surface area (Å²) >= 11 is 0. The molecule has 0 fully saturated rings. The van der Waals surface area contributed by atoms with Gasteiger partial charge in [0.15, 0.2) is 0 Å². The molecule has 0 aliphatic rings. The van der Waals surface area contributed by atoms with E-state index >= 15 is 0 Å². The Bertz CT molecular complexity index is 1160. The van der Waals surface area contributed by atoms with E-state index in [-0.39, 0.29) is 41.0 Å². The van der Waals surface area contributed by atoms with Crippen molar-refractivity contribution in [1.29, 1.82) is 0 Å². The predicted octanol–water partition coefficient (Wildman–Crippen LogP) is 0.777. The van der Waals surface area contributed by atoms with E-state index in [0.29, 0.717) is 16.5 Å². The van der Waals surface area contributed by atoms with Crippen LogP contribution >= 0.6 is 0 Å². The number of rotatable bonds is 4. The van der Waals surface area contributed by atoms with Gasteiger partial charge < -0.3 is 9.66 Å². The molecule has 3 aromatic rings. The van der Waals surface area contributed by atoms with Gasteiger partial charge in [0.2, 0.25) is 0 Å². The smallest absolute Gasteiger partial charge is 0.744 e. The number of phenols is 1. The van der Waals surface area contributed by atoms with Crippen LogP contribution in [0.3, 0.4) is 0 Å². The van der Waals surface area contributed by atoms with Gasteiger partial charge in [0.1, 0.15) is 20.8 Å². The van der Waals surface area contributed by atoms with Crippen molar-refractivity contribution >= 4 is 38.0 Å². The third-order valence-electron chi connectivity index (χ3n) is 3.56. The molecular formula is C16H10N3NaO6S. The summed E-state index contributed by atoms with van der Waals surface area (Å²) in [6, 6.07) is 12.7. The molecule has 1 N–H and O–H groups in total. The van der Waals surface area contributed by atoms with Crippen LogP contribution in [0, 0.1) is 10.1 Å². The largest absolute Gasteiger partial charge is 1.00 e. The van der Waals surface area contributed by atoms with Gasteiger partial charge in [-0.15, -0.1) is 5.11 Å². The first-order valence-electron chi connectivity index (χ1n) is 7.14. The number of nitro groups is 1. The predicted molar refractivity (Wildman–Crippen MR) is 90.8 cm³/mol. The van der Waals surface area contributed by atoms with Gasteiger partial charge in [0.05, 0.1) is 16.3 Å². The Kier molecular flexibility index (Phi) is 6.29. The number of aromatic hydroxyl groups is 1. The fourth-order valence-electron chi connectivity index (χ4n) is 2.39. The third-order valence-corrected chi connectivity index (χ3v) is 4.44. The molecule has 0 saturated heterocycles. The van der Waals surface area contributed by atoms with Gasteiger partial charge in [-0.25, -0.2) is 8.42 Å². The first kappa shape index (κ1) is 20.9. The van der Waals surface area contributed by atoms with Crippen LogP contribution in [0.1, 0.15) is 0 Å². The molecule has 132 valence electrons. The Morgan fingerprint density at radius 1 is 0.963 bits per heavy atom. The van der Waals surface area contributed by atoms with Gasteiger partial charge in [-0.3, -0.25) is 10.1 Å². The molecule has 0 unspecified atom stereocenters. The van der Waals surface area contributed by atoms with Gasteiger partial charge in [-0.05, 0) is 24.3 Å². The fourth-order valence-corrected chi connectivity index (χ4v) is 3.01. The Morgan fingerprint density at radius 3 is 2.26 bits per heavy atom. The zero-order valence-corrected chi connectivity index (χ0v) is 16.8. The van der Waals surface area contributed by atoms with Gasteiger partial charge in [-0.2, -0.15) is 5.11 Å². The SMILES string of the molecule is O=[N+]([O-])c1cc(N=Nc2ccc(O)c3ccccc23)ccc1S(=O)(=O)[O-].[Na+]. The fraction of sp³-hybridized carbons (Fsp3) is 0. The number of fused-ring (bicyclic) bond motifs is 1. The summed E-state index contributed by atoms with van der Waals surface area (Å²) in [5, 5.41) is 29.9. The van der Waals surface area contributed by atoms with E-state index in [1.54, 1.807) is 24.3 Å². The van der Waals surface area contributed by atoms with Crippen molar-refractivity contribution in [3.05, 3.63) is 64.7 Å². The van der Waals surface area contributed by atoms with Crippen molar-refractivity contribution in [2.75, 3.05) is 0 Å². The number of nitro benzene ring substituents is 1. The number of azo groups is 1. The van der Waals surface area contributed by atoms with Crippen LogP contribution in [-0.4, -0.2) is 23.0 Å². The Hall–Kier alpha value is -2.37. The number of hydrogen-bond donors (Lipinski definition) is 1. The maximum atomic E-state index is 11.1. The van der Waals surface area contributed by atoms with Crippen LogP contribution in [0.5, 0.6) is 5.75 Å². The third kappa shape index (κ3) is 4.49. The second-order valence-electron chi connectivity index (χ2n) is 5.21. The Morgan fingerprint density at radius 2 is 1.63 bits per heavy atom. The molecular weight excluding hydrogens is 385 g/mol. The Balaban J connectivity index is 0.00000261. The van der Waals surface area contributed by atoms with Crippen LogP contribution in [0.15, 0.2) is 69.7 Å². The van der Waals surface area contributed by atoms with E-state index in [4.69, 9.17) is 0 Å². The van der Waals surface area contributed by atoms with Gasteiger partial charge in [-0.1, -0.05) is 24.3 Å². The van der Waals surface area contributed by atoms with Gasteiger partial charge >= 0.3 is 29.6 Å². The summed E-state index contributed by atoms with van der Waals surface area (Å²) in [5.41, 5.74) is -0.463. The molecule has 0 radical (unpaired) electrons. The summed E-state index contributed by atoms with van der Waals surface area (Å²) in [4.78, 5) is 9.10. The summed E-state index contributed by atoms with van der Waals surface area (Å²) in [5.74, 6) is 0.0696. The zero-order chi connectivity index (χ0) is 18.9. The monoisotopic (exact) mass is 395 g/mol. The summed E-state index contributed by atoms with van der Waals surface area (Å²) in [6.07, 6.45) is 0. The zero-order valence-electron chi connectivity index (χ0n) is 13.9. The van der Waals surface area contributed by atoms with Gasteiger partial charge in [0.25, 0.3) is 5.69 Å². The molecule has 0 bridgehead atoms. The number of phenolic OH excluding ortho intramolecular Hbond substituents is 1. The molecule has 0 atom stereocenters. The second-order valence-corrected chi connectivity index (χ2v) is 6.56. The van der Waals surface area contributed by atoms with Crippen LogP contribution in [0.25, 0.3) is 10.8 Å². The molecule has 0 spiro atoms. The minimum atomic E-state index is -4.99. The van der Waals surface area contributed by atoms with Crippen molar-refractivity contribution in [3.8, 4) is 5.75 Å². The minimum absolute atomic E-state index is 0. The molecule has 9 nitrogen and oxygen atoms in total. The second kappa shape index (κ2) is 8.11. The number of hydrogen-bond acceptors (Lipinski definition) is 8. The standard InChI is InChI=1S/C16H11N3O6S.Na/c20-15-7-6-13(11-3-1-2-4-12(11)15)18-17-10-5-8-16(26(23,24)25)14(9-10)19(21)22;/h1-9,20H,(H,23,24,25);/q;+1/p-1. The van der Waals surface area contributed by atoms with Crippen molar-refractivity contribution < 1.29 is 52.6 Å². The molecule has 0 aliphatic carbocycles. The molecule has 0 amide bonds. The van der Waals surface area contributed by atoms with Crippen LogP contribution in [0.2, 0.25) is 0 Å². The van der Waals surface area contributed by atoms with E-state index in [9.17, 15) is 28.2 Å².